The summed E-state index contributed by atoms with van der Waals surface area (Å²) in [6.45, 7) is 0.849. The normalized spacial score (nSPS) is 31.3. The third-order valence-corrected chi connectivity index (χ3v) is 5.57. The number of ether oxygens (including phenoxy) is 1. The number of benzene rings is 1. The predicted molar refractivity (Wildman–Crippen MR) is 85.8 cm³/mol. The van der Waals surface area contributed by atoms with Crippen molar-refractivity contribution >= 4 is 15.9 Å². The zero-order valence-electron chi connectivity index (χ0n) is 12.4. The Labute approximate surface area is 134 Å². The van der Waals surface area contributed by atoms with Crippen LogP contribution in [0.4, 0.5) is 0 Å². The topological polar surface area (TPSA) is 36.5 Å². The Kier molecular flexibility index (Phi) is 3.30. The van der Waals surface area contributed by atoms with Gasteiger partial charge in [-0.25, -0.2) is 10.4 Å². The van der Waals surface area contributed by atoms with Crippen molar-refractivity contribution in [2.75, 3.05) is 13.7 Å². The van der Waals surface area contributed by atoms with Gasteiger partial charge in [0.2, 0.25) is 0 Å². The molecule has 0 radical (unpaired) electrons. The lowest BCUT2D eigenvalue weighted by Crippen LogP contribution is -2.58. The molecule has 0 amide bonds. The first-order valence-corrected chi connectivity index (χ1v) is 8.63. The average molecular weight is 352 g/mol. The van der Waals surface area contributed by atoms with E-state index in [0.717, 1.165) is 36.2 Å². The maximum Gasteiger partial charge on any atom is 0.126 e. The molecule has 3 aliphatic rings. The summed E-state index contributed by atoms with van der Waals surface area (Å²) in [5.41, 5.74) is 4.66. The van der Waals surface area contributed by atoms with Crippen LogP contribution in [0.25, 0.3) is 0 Å². The van der Waals surface area contributed by atoms with Gasteiger partial charge in [0, 0.05) is 23.5 Å². The summed E-state index contributed by atoms with van der Waals surface area (Å²) >= 11 is 3.60. The van der Waals surface area contributed by atoms with Crippen molar-refractivity contribution in [1.29, 1.82) is 0 Å². The Morgan fingerprint density at radius 2 is 2.05 bits per heavy atom. The molecule has 0 bridgehead atoms. The molecule has 1 saturated carbocycles. The van der Waals surface area contributed by atoms with Gasteiger partial charge in [-0.2, -0.15) is 0 Å². The molecule has 1 atom stereocenters. The summed E-state index contributed by atoms with van der Waals surface area (Å²) in [5, 5.41) is 5.82. The van der Waals surface area contributed by atoms with Gasteiger partial charge in [-0.1, -0.05) is 22.4 Å². The fourth-order valence-electron chi connectivity index (χ4n) is 4.16. The number of hydrogen-bond donors (Lipinski definition) is 2. The Balaban J connectivity index is 1.80. The number of halogens is 1. The maximum absolute atomic E-state index is 6.52. The second kappa shape index (κ2) is 4.95. The molecule has 5 heteroatoms. The Hall–Kier alpha value is -0.620. The summed E-state index contributed by atoms with van der Waals surface area (Å²) in [5.74, 6) is 1.03. The zero-order chi connectivity index (χ0) is 14.5. The van der Waals surface area contributed by atoms with E-state index in [2.05, 4.69) is 56.9 Å². The Bertz CT molecular complexity index is 558. The van der Waals surface area contributed by atoms with Crippen LogP contribution in [0.1, 0.15) is 44.1 Å². The first-order valence-electron chi connectivity index (χ1n) is 7.84. The third kappa shape index (κ3) is 2.31. The molecule has 114 valence electrons. The molecule has 1 unspecified atom stereocenters. The minimum atomic E-state index is -0.191. The van der Waals surface area contributed by atoms with E-state index in [4.69, 9.17) is 4.74 Å². The van der Waals surface area contributed by atoms with Crippen molar-refractivity contribution in [2.24, 2.45) is 0 Å². The average Bonchev–Trinajstić information content (AvgIpc) is 2.82. The molecule has 2 aliphatic heterocycles. The van der Waals surface area contributed by atoms with E-state index < -0.39 is 0 Å². The number of nitrogens with zero attached hydrogens (tertiary/aromatic N) is 1. The molecule has 0 aromatic heterocycles. The van der Waals surface area contributed by atoms with Crippen LogP contribution in [0.3, 0.4) is 0 Å². The van der Waals surface area contributed by atoms with E-state index in [1.54, 1.807) is 0 Å². The van der Waals surface area contributed by atoms with Gasteiger partial charge in [-0.3, -0.25) is 5.32 Å². The second-order valence-corrected chi connectivity index (χ2v) is 7.63. The number of fused-ring (bicyclic) bond motifs is 2. The first-order chi connectivity index (χ1) is 10.1. The van der Waals surface area contributed by atoms with Crippen molar-refractivity contribution < 1.29 is 4.74 Å². The molecule has 1 aromatic rings. The predicted octanol–water partition coefficient (Wildman–Crippen LogP) is 3.08. The quantitative estimate of drug-likeness (QED) is 0.752. The van der Waals surface area contributed by atoms with Gasteiger partial charge in [-0.15, -0.1) is 0 Å². The minimum Gasteiger partial charge on any atom is -0.487 e. The molecule has 21 heavy (non-hydrogen) atoms. The van der Waals surface area contributed by atoms with E-state index in [-0.39, 0.29) is 11.3 Å². The standard InChI is InChI=1S/C16H22BrN3O/c1-20-11-18-16(19-20)10-15(7-3-2-4-8-15)21-14-6-5-12(17)9-13(14)16/h5-6,9,18-19H,2-4,7-8,10-11H2,1H3. The van der Waals surface area contributed by atoms with Crippen LogP contribution in [-0.2, 0) is 5.66 Å². The van der Waals surface area contributed by atoms with Crippen LogP contribution < -0.4 is 15.5 Å². The summed E-state index contributed by atoms with van der Waals surface area (Å²) in [6.07, 6.45) is 7.21. The van der Waals surface area contributed by atoms with E-state index in [9.17, 15) is 0 Å². The van der Waals surface area contributed by atoms with E-state index in [1.807, 2.05) is 0 Å². The molecular formula is C16H22BrN3O. The van der Waals surface area contributed by atoms with Crippen LogP contribution in [0.15, 0.2) is 22.7 Å². The lowest BCUT2D eigenvalue weighted by Gasteiger charge is -2.49. The van der Waals surface area contributed by atoms with Gasteiger partial charge in [0.05, 0.1) is 6.67 Å². The Morgan fingerprint density at radius 1 is 1.24 bits per heavy atom. The van der Waals surface area contributed by atoms with Gasteiger partial charge in [0.1, 0.15) is 17.0 Å². The zero-order valence-corrected chi connectivity index (χ0v) is 14.0. The van der Waals surface area contributed by atoms with Crippen LogP contribution >= 0.6 is 15.9 Å². The fourth-order valence-corrected chi connectivity index (χ4v) is 4.52. The van der Waals surface area contributed by atoms with Crippen molar-refractivity contribution in [3.63, 3.8) is 0 Å². The minimum absolute atomic E-state index is 0.00966. The van der Waals surface area contributed by atoms with Crippen LogP contribution in [0.5, 0.6) is 5.75 Å². The van der Waals surface area contributed by atoms with E-state index in [1.165, 1.54) is 24.8 Å². The highest BCUT2D eigenvalue weighted by molar-refractivity contribution is 9.10. The lowest BCUT2D eigenvalue weighted by molar-refractivity contribution is -0.0332. The van der Waals surface area contributed by atoms with Crippen molar-refractivity contribution in [1.82, 2.24) is 15.8 Å². The molecule has 1 aromatic carbocycles. The van der Waals surface area contributed by atoms with Crippen molar-refractivity contribution in [3.05, 3.63) is 28.2 Å². The van der Waals surface area contributed by atoms with Gasteiger partial charge in [-0.05, 0) is 43.9 Å². The smallest absolute Gasteiger partial charge is 0.126 e. The van der Waals surface area contributed by atoms with Gasteiger partial charge in [0.15, 0.2) is 0 Å². The fraction of sp³-hybridized carbons (Fsp3) is 0.625. The third-order valence-electron chi connectivity index (χ3n) is 5.08. The molecule has 4 nitrogen and oxygen atoms in total. The first kappa shape index (κ1) is 14.0. The van der Waals surface area contributed by atoms with E-state index >= 15 is 0 Å². The molecule has 2 N–H and O–H groups in total. The second-order valence-electron chi connectivity index (χ2n) is 6.71. The molecule has 2 fully saturated rings. The number of hydrazine groups is 1. The summed E-state index contributed by atoms with van der Waals surface area (Å²) in [6, 6.07) is 6.37. The van der Waals surface area contributed by atoms with Crippen molar-refractivity contribution in [3.8, 4) is 5.75 Å². The van der Waals surface area contributed by atoms with Gasteiger partial charge >= 0.3 is 0 Å². The number of rotatable bonds is 0. The summed E-state index contributed by atoms with van der Waals surface area (Å²) < 4.78 is 7.62. The summed E-state index contributed by atoms with van der Waals surface area (Å²) in [4.78, 5) is 0. The van der Waals surface area contributed by atoms with Crippen molar-refractivity contribution in [2.45, 2.75) is 49.8 Å². The Morgan fingerprint density at radius 3 is 2.76 bits per heavy atom. The highest BCUT2D eigenvalue weighted by atomic mass is 79.9. The van der Waals surface area contributed by atoms with Crippen LogP contribution in [-0.4, -0.2) is 24.3 Å². The number of hydrogen-bond acceptors (Lipinski definition) is 4. The van der Waals surface area contributed by atoms with E-state index in [0.29, 0.717) is 0 Å². The van der Waals surface area contributed by atoms with Gasteiger partial charge in [0.25, 0.3) is 0 Å². The van der Waals surface area contributed by atoms with Crippen LogP contribution in [0, 0.1) is 0 Å². The monoisotopic (exact) mass is 351 g/mol. The van der Waals surface area contributed by atoms with Gasteiger partial charge < -0.3 is 4.74 Å². The summed E-state index contributed by atoms with van der Waals surface area (Å²) in [7, 11) is 2.09. The SMILES string of the molecule is CN1CNC2(CC3(CCCCC3)Oc3ccc(Br)cc32)N1. The molecule has 2 spiro atoms. The highest BCUT2D eigenvalue weighted by Crippen LogP contribution is 2.49. The molecule has 1 aliphatic carbocycles. The molecule has 1 saturated heterocycles. The molecular weight excluding hydrogens is 330 g/mol. The lowest BCUT2D eigenvalue weighted by atomic mass is 9.74. The number of nitrogens with one attached hydrogen (secondary N) is 2. The van der Waals surface area contributed by atoms with Crippen LogP contribution in [0.2, 0.25) is 0 Å². The molecule has 4 rings (SSSR count). The highest BCUT2D eigenvalue weighted by Gasteiger charge is 2.52. The maximum atomic E-state index is 6.52. The largest absolute Gasteiger partial charge is 0.487 e. The molecule has 2 heterocycles.